The van der Waals surface area contributed by atoms with E-state index in [1.165, 1.54) is 12.0 Å². The summed E-state index contributed by atoms with van der Waals surface area (Å²) in [7, 11) is 0. The summed E-state index contributed by atoms with van der Waals surface area (Å²) in [5, 5.41) is 3.77. The molecule has 0 aliphatic heterocycles. The van der Waals surface area contributed by atoms with Crippen molar-refractivity contribution in [1.82, 2.24) is 10.2 Å². The van der Waals surface area contributed by atoms with E-state index in [0.717, 1.165) is 36.8 Å². The smallest absolute Gasteiger partial charge is 0.242 e. The van der Waals surface area contributed by atoms with Crippen LogP contribution in [0.25, 0.3) is 0 Å². The number of halogens is 1. The Morgan fingerprint density at radius 3 is 2.43 bits per heavy atom. The maximum Gasteiger partial charge on any atom is 0.242 e. The Balaban J connectivity index is 1.75. The van der Waals surface area contributed by atoms with Crippen LogP contribution < -0.4 is 5.32 Å². The first-order chi connectivity index (χ1) is 14.4. The number of rotatable bonds is 7. The maximum absolute atomic E-state index is 13.2. The second-order valence-corrected chi connectivity index (χ2v) is 8.77. The van der Waals surface area contributed by atoms with Gasteiger partial charge in [0.15, 0.2) is 0 Å². The molecule has 0 aromatic heterocycles. The van der Waals surface area contributed by atoms with Gasteiger partial charge in [-0.25, -0.2) is 0 Å². The van der Waals surface area contributed by atoms with Gasteiger partial charge >= 0.3 is 0 Å². The molecular formula is C25H31ClN2O2. The van der Waals surface area contributed by atoms with Crippen molar-refractivity contribution in [2.75, 3.05) is 0 Å². The molecule has 0 unspecified atom stereocenters. The summed E-state index contributed by atoms with van der Waals surface area (Å²) >= 11 is 6.08. The lowest BCUT2D eigenvalue weighted by Crippen LogP contribution is -2.50. The average molecular weight is 427 g/mol. The summed E-state index contributed by atoms with van der Waals surface area (Å²) < 4.78 is 0. The molecule has 1 fully saturated rings. The first kappa shape index (κ1) is 22.4. The zero-order valence-electron chi connectivity index (χ0n) is 17.9. The van der Waals surface area contributed by atoms with Crippen molar-refractivity contribution < 1.29 is 9.59 Å². The van der Waals surface area contributed by atoms with Crippen LogP contribution in [0.4, 0.5) is 0 Å². The van der Waals surface area contributed by atoms with Crippen LogP contribution in [0, 0.1) is 6.92 Å². The molecule has 0 radical (unpaired) electrons. The highest BCUT2D eigenvalue weighted by atomic mass is 35.5. The van der Waals surface area contributed by atoms with Crippen molar-refractivity contribution >= 4 is 23.4 Å². The molecule has 0 bridgehead atoms. The molecule has 0 spiro atoms. The van der Waals surface area contributed by atoms with Crippen molar-refractivity contribution in [3.63, 3.8) is 0 Å². The molecule has 160 valence electrons. The van der Waals surface area contributed by atoms with E-state index in [1.54, 1.807) is 17.0 Å². The van der Waals surface area contributed by atoms with Crippen LogP contribution in [0.3, 0.4) is 0 Å². The van der Waals surface area contributed by atoms with E-state index in [1.807, 2.05) is 50.2 Å². The van der Waals surface area contributed by atoms with E-state index in [0.29, 0.717) is 11.6 Å². The lowest BCUT2D eigenvalue weighted by Gasteiger charge is -2.31. The third-order valence-electron chi connectivity index (χ3n) is 5.84. The Bertz CT molecular complexity index is 860. The molecule has 4 nitrogen and oxygen atoms in total. The molecule has 2 amide bonds. The molecule has 1 N–H and O–H groups in total. The predicted octanol–water partition coefficient (Wildman–Crippen LogP) is 5.06. The Labute approximate surface area is 184 Å². The van der Waals surface area contributed by atoms with Gasteiger partial charge in [-0.05, 0) is 49.9 Å². The van der Waals surface area contributed by atoms with Crippen LogP contribution >= 0.6 is 11.6 Å². The molecule has 1 atom stereocenters. The second kappa shape index (κ2) is 10.6. The Kier molecular flexibility index (Phi) is 7.92. The van der Waals surface area contributed by atoms with Crippen molar-refractivity contribution in [3.8, 4) is 0 Å². The van der Waals surface area contributed by atoms with E-state index < -0.39 is 6.04 Å². The number of nitrogens with one attached hydrogen (secondary N) is 1. The fourth-order valence-electron chi connectivity index (χ4n) is 3.96. The number of benzene rings is 2. The van der Waals surface area contributed by atoms with Crippen LogP contribution in [0.15, 0.2) is 48.5 Å². The number of carbonyl (C=O) groups excluding carboxylic acids is 2. The lowest BCUT2D eigenvalue weighted by molar-refractivity contribution is -0.140. The minimum Gasteiger partial charge on any atom is -0.352 e. The monoisotopic (exact) mass is 426 g/mol. The Hall–Kier alpha value is -2.33. The van der Waals surface area contributed by atoms with Crippen LogP contribution in [0.2, 0.25) is 5.02 Å². The van der Waals surface area contributed by atoms with Gasteiger partial charge in [-0.1, -0.05) is 72.8 Å². The van der Waals surface area contributed by atoms with Gasteiger partial charge in [-0.2, -0.15) is 0 Å². The van der Waals surface area contributed by atoms with Gasteiger partial charge < -0.3 is 10.2 Å². The second-order valence-electron chi connectivity index (χ2n) is 8.33. The summed E-state index contributed by atoms with van der Waals surface area (Å²) in [4.78, 5) is 27.9. The van der Waals surface area contributed by atoms with E-state index in [2.05, 4.69) is 5.32 Å². The number of amides is 2. The Morgan fingerprint density at radius 1 is 1.07 bits per heavy atom. The molecular weight excluding hydrogens is 396 g/mol. The topological polar surface area (TPSA) is 49.4 Å². The third kappa shape index (κ3) is 6.33. The first-order valence-corrected chi connectivity index (χ1v) is 11.2. The van der Waals surface area contributed by atoms with Crippen molar-refractivity contribution in [1.29, 1.82) is 0 Å². The summed E-state index contributed by atoms with van der Waals surface area (Å²) in [5.41, 5.74) is 3.03. The van der Waals surface area contributed by atoms with E-state index in [9.17, 15) is 9.59 Å². The lowest BCUT2D eigenvalue weighted by atomic mass is 9.95. The van der Waals surface area contributed by atoms with Gasteiger partial charge in [0, 0.05) is 17.6 Å². The Morgan fingerprint density at radius 2 is 1.77 bits per heavy atom. The first-order valence-electron chi connectivity index (χ1n) is 10.8. The van der Waals surface area contributed by atoms with Gasteiger partial charge in [0.2, 0.25) is 11.8 Å². The highest BCUT2D eigenvalue weighted by molar-refractivity contribution is 6.30. The summed E-state index contributed by atoms with van der Waals surface area (Å²) in [6, 6.07) is 15.1. The quantitative estimate of drug-likeness (QED) is 0.672. The third-order valence-corrected chi connectivity index (χ3v) is 6.07. The minimum atomic E-state index is -0.542. The normalized spacial score (nSPS) is 15.4. The minimum absolute atomic E-state index is 0.0755. The predicted molar refractivity (Wildman–Crippen MR) is 121 cm³/mol. The fraction of sp³-hybridized carbons (Fsp3) is 0.440. The number of hydrogen-bond donors (Lipinski definition) is 1. The molecule has 1 saturated carbocycles. The van der Waals surface area contributed by atoms with Gasteiger partial charge in [0.05, 0.1) is 6.42 Å². The highest BCUT2D eigenvalue weighted by Crippen LogP contribution is 2.19. The van der Waals surface area contributed by atoms with Crippen LogP contribution in [0.5, 0.6) is 0 Å². The van der Waals surface area contributed by atoms with Gasteiger partial charge in [0.1, 0.15) is 6.04 Å². The molecule has 2 aromatic rings. The van der Waals surface area contributed by atoms with Gasteiger partial charge in [-0.3, -0.25) is 9.59 Å². The summed E-state index contributed by atoms with van der Waals surface area (Å²) in [6.07, 6.45) is 5.80. The molecule has 3 rings (SSSR count). The summed E-state index contributed by atoms with van der Waals surface area (Å²) in [5.74, 6) is -0.155. The van der Waals surface area contributed by atoms with Gasteiger partial charge in [0.25, 0.3) is 0 Å². The van der Waals surface area contributed by atoms with Crippen LogP contribution in [-0.4, -0.2) is 28.8 Å². The van der Waals surface area contributed by atoms with Crippen molar-refractivity contribution in [2.45, 2.75) is 71.0 Å². The average Bonchev–Trinajstić information content (AvgIpc) is 2.73. The van der Waals surface area contributed by atoms with Gasteiger partial charge in [-0.15, -0.1) is 0 Å². The molecule has 30 heavy (non-hydrogen) atoms. The highest BCUT2D eigenvalue weighted by Gasteiger charge is 2.28. The zero-order valence-corrected chi connectivity index (χ0v) is 18.6. The maximum atomic E-state index is 13.2. The number of hydrogen-bond acceptors (Lipinski definition) is 2. The molecule has 5 heteroatoms. The van der Waals surface area contributed by atoms with Crippen LogP contribution in [-0.2, 0) is 22.6 Å². The van der Waals surface area contributed by atoms with Crippen LogP contribution in [0.1, 0.15) is 55.7 Å². The standard InChI is InChI=1S/C25H31ClN2O2/c1-18-11-13-20(14-12-18)17-28(24(29)16-21-7-6-8-22(26)15-21)19(2)25(30)27-23-9-4-3-5-10-23/h6-8,11-15,19,23H,3-5,9-10,16-17H2,1-2H3,(H,27,30)/t19-/m0/s1. The molecule has 0 heterocycles. The SMILES string of the molecule is Cc1ccc(CN(C(=O)Cc2cccc(Cl)c2)[C@@H](C)C(=O)NC2CCCCC2)cc1. The van der Waals surface area contributed by atoms with Crippen molar-refractivity contribution in [2.24, 2.45) is 0 Å². The fourth-order valence-corrected chi connectivity index (χ4v) is 4.18. The number of aryl methyl sites for hydroxylation is 1. The largest absolute Gasteiger partial charge is 0.352 e. The zero-order chi connectivity index (χ0) is 21.5. The number of nitrogens with zero attached hydrogens (tertiary/aromatic N) is 1. The van der Waals surface area contributed by atoms with E-state index in [4.69, 9.17) is 11.6 Å². The molecule has 2 aromatic carbocycles. The molecule has 1 aliphatic carbocycles. The van der Waals surface area contributed by atoms with E-state index in [-0.39, 0.29) is 24.3 Å². The van der Waals surface area contributed by atoms with E-state index >= 15 is 0 Å². The summed E-state index contributed by atoms with van der Waals surface area (Å²) in [6.45, 7) is 4.26. The molecule has 0 saturated heterocycles. The molecule has 1 aliphatic rings. The van der Waals surface area contributed by atoms with Crippen molar-refractivity contribution in [3.05, 3.63) is 70.2 Å². The number of carbonyl (C=O) groups is 2.